The Morgan fingerprint density at radius 2 is 1.97 bits per heavy atom. The molecular formula is C25H25N5O. The lowest BCUT2D eigenvalue weighted by molar-refractivity contribution is 0.0643. The Bertz CT molecular complexity index is 1190. The van der Waals surface area contributed by atoms with Gasteiger partial charge >= 0.3 is 0 Å². The molecule has 2 aromatic carbocycles. The van der Waals surface area contributed by atoms with Gasteiger partial charge in [-0.15, -0.1) is 0 Å². The highest BCUT2D eigenvalue weighted by Crippen LogP contribution is 2.47. The molecule has 2 atom stereocenters. The summed E-state index contributed by atoms with van der Waals surface area (Å²) in [6, 6.07) is 16.0. The first-order chi connectivity index (χ1) is 15.1. The Morgan fingerprint density at radius 1 is 1.16 bits per heavy atom. The van der Waals surface area contributed by atoms with Gasteiger partial charge in [0.15, 0.2) is 0 Å². The number of hydrogen-bond acceptors (Lipinski definition) is 4. The zero-order valence-corrected chi connectivity index (χ0v) is 17.8. The van der Waals surface area contributed by atoms with Gasteiger partial charge < -0.3 is 4.90 Å². The van der Waals surface area contributed by atoms with E-state index in [1.807, 2.05) is 47.8 Å². The van der Waals surface area contributed by atoms with E-state index in [2.05, 4.69) is 41.0 Å². The molecule has 2 bridgehead atoms. The number of aromatic nitrogens is 2. The molecule has 3 aromatic rings. The van der Waals surface area contributed by atoms with Crippen molar-refractivity contribution in [2.24, 2.45) is 17.0 Å². The number of carbonyl (C=O) groups excluding carboxylic acids is 1. The summed E-state index contributed by atoms with van der Waals surface area (Å²) in [5.41, 5.74) is 6.42. The minimum atomic E-state index is -0.0104. The number of carbonyl (C=O) groups is 1. The normalized spacial score (nSPS) is 19.6. The molecule has 0 saturated carbocycles. The van der Waals surface area contributed by atoms with Crippen molar-refractivity contribution in [3.8, 4) is 11.3 Å². The summed E-state index contributed by atoms with van der Waals surface area (Å²) in [7, 11) is 1.99. The largest absolute Gasteiger partial charge is 0.327 e. The summed E-state index contributed by atoms with van der Waals surface area (Å²) < 4.78 is 1.97. The fraction of sp³-hybridized carbons (Fsp3) is 0.280. The minimum Gasteiger partial charge on any atom is -0.327 e. The number of amides is 1. The molecule has 1 saturated heterocycles. The van der Waals surface area contributed by atoms with Gasteiger partial charge in [0.25, 0.3) is 5.91 Å². The summed E-state index contributed by atoms with van der Waals surface area (Å²) in [5.74, 6) is -0.00355. The molecule has 6 heteroatoms. The fourth-order valence-corrected chi connectivity index (χ4v) is 5.14. The summed E-state index contributed by atoms with van der Waals surface area (Å²) in [5, 5.41) is 4.89. The van der Waals surface area contributed by atoms with Crippen LogP contribution < -0.4 is 0 Å². The van der Waals surface area contributed by atoms with E-state index in [9.17, 15) is 4.79 Å². The maximum Gasteiger partial charge on any atom is 0.256 e. The summed E-state index contributed by atoms with van der Waals surface area (Å²) in [4.78, 5) is 24.3. The molecule has 1 fully saturated rings. The second kappa shape index (κ2) is 7.61. The van der Waals surface area contributed by atoms with E-state index in [0.29, 0.717) is 16.9 Å². The van der Waals surface area contributed by atoms with Crippen molar-refractivity contribution in [1.82, 2.24) is 14.7 Å². The van der Waals surface area contributed by atoms with Gasteiger partial charge in [-0.3, -0.25) is 19.5 Å². The molecule has 0 N–H and O–H groups in total. The van der Waals surface area contributed by atoms with Crippen LogP contribution in [0.15, 0.2) is 58.5 Å². The van der Waals surface area contributed by atoms with E-state index in [4.69, 9.17) is 5.10 Å². The van der Waals surface area contributed by atoms with E-state index in [-0.39, 0.29) is 18.0 Å². The Labute approximate surface area is 182 Å². The van der Waals surface area contributed by atoms with Crippen LogP contribution in [0.25, 0.3) is 11.3 Å². The van der Waals surface area contributed by atoms with Crippen LogP contribution in [0.1, 0.15) is 47.4 Å². The average molecular weight is 412 g/mol. The van der Waals surface area contributed by atoms with Crippen LogP contribution in [-0.4, -0.2) is 39.6 Å². The van der Waals surface area contributed by atoms with Gasteiger partial charge in [-0.1, -0.05) is 36.4 Å². The molecule has 0 aliphatic carbocycles. The first kappa shape index (κ1) is 19.4. The molecule has 2 aliphatic rings. The highest BCUT2D eigenvalue weighted by molar-refractivity contribution is 6.02. The second-order valence-electron chi connectivity index (χ2n) is 8.08. The Morgan fingerprint density at radius 3 is 2.71 bits per heavy atom. The summed E-state index contributed by atoms with van der Waals surface area (Å²) in [6.07, 6.45) is 4.42. The molecular weight excluding hydrogens is 386 g/mol. The molecule has 0 spiro atoms. The van der Waals surface area contributed by atoms with Gasteiger partial charge in [-0.25, -0.2) is 0 Å². The molecule has 2 aliphatic heterocycles. The van der Waals surface area contributed by atoms with E-state index in [1.165, 1.54) is 11.1 Å². The van der Waals surface area contributed by atoms with Crippen LogP contribution in [0.5, 0.6) is 0 Å². The summed E-state index contributed by atoms with van der Waals surface area (Å²) in [6.45, 7) is 5.48. The first-order valence-corrected chi connectivity index (χ1v) is 10.7. The van der Waals surface area contributed by atoms with Crippen LogP contribution in [0.3, 0.4) is 0 Å². The van der Waals surface area contributed by atoms with E-state index in [0.717, 1.165) is 30.7 Å². The summed E-state index contributed by atoms with van der Waals surface area (Å²) >= 11 is 0. The number of aliphatic imine (C=N–C) groups is 2. The number of para-hydroxylation sites is 1. The smallest absolute Gasteiger partial charge is 0.256 e. The molecule has 156 valence electrons. The number of fused-ring (bicyclic) bond motifs is 4. The third-order valence-electron chi connectivity index (χ3n) is 6.39. The first-order valence-electron chi connectivity index (χ1n) is 10.7. The Balaban J connectivity index is 1.57. The SMILES string of the molecule is C=Nc1cccc(C(=O)N2[C@H]3CC[C@@H]2c2nn(C)c(-c4ccccc4)c2C3)c1N=CC. The highest BCUT2D eigenvalue weighted by Gasteiger charge is 2.46. The van der Waals surface area contributed by atoms with E-state index >= 15 is 0 Å². The van der Waals surface area contributed by atoms with Crippen LogP contribution in [-0.2, 0) is 13.5 Å². The number of aryl methyl sites for hydroxylation is 1. The minimum absolute atomic E-state index is 0.00355. The number of benzene rings is 2. The van der Waals surface area contributed by atoms with Crippen LogP contribution >= 0.6 is 0 Å². The molecule has 6 nitrogen and oxygen atoms in total. The maximum absolute atomic E-state index is 13.8. The quantitative estimate of drug-likeness (QED) is 0.565. The molecule has 1 aromatic heterocycles. The predicted molar refractivity (Wildman–Crippen MR) is 124 cm³/mol. The van der Waals surface area contributed by atoms with Gasteiger partial charge in [-0.2, -0.15) is 5.10 Å². The fourth-order valence-electron chi connectivity index (χ4n) is 5.14. The van der Waals surface area contributed by atoms with Crippen molar-refractivity contribution in [2.45, 2.75) is 38.3 Å². The lowest BCUT2D eigenvalue weighted by Gasteiger charge is -2.34. The number of hydrogen-bond donors (Lipinski definition) is 0. The van der Waals surface area contributed by atoms with Crippen molar-refractivity contribution in [3.63, 3.8) is 0 Å². The van der Waals surface area contributed by atoms with Crippen molar-refractivity contribution in [3.05, 3.63) is 65.4 Å². The lowest BCUT2D eigenvalue weighted by Crippen LogP contribution is -2.42. The molecule has 5 rings (SSSR count). The molecule has 0 unspecified atom stereocenters. The Hall–Kier alpha value is -3.54. The van der Waals surface area contributed by atoms with E-state index < -0.39 is 0 Å². The average Bonchev–Trinajstić information content (AvgIpc) is 3.30. The van der Waals surface area contributed by atoms with Crippen LogP contribution in [0.2, 0.25) is 0 Å². The lowest BCUT2D eigenvalue weighted by atomic mass is 9.94. The van der Waals surface area contributed by atoms with Crippen LogP contribution in [0.4, 0.5) is 11.4 Å². The zero-order chi connectivity index (χ0) is 21.5. The molecule has 1 amide bonds. The van der Waals surface area contributed by atoms with Gasteiger partial charge in [0, 0.05) is 30.4 Å². The molecule has 0 radical (unpaired) electrons. The van der Waals surface area contributed by atoms with Gasteiger partial charge in [-0.05, 0) is 45.0 Å². The molecule has 31 heavy (non-hydrogen) atoms. The van der Waals surface area contributed by atoms with Gasteiger partial charge in [0.2, 0.25) is 0 Å². The second-order valence-corrected chi connectivity index (χ2v) is 8.08. The van der Waals surface area contributed by atoms with Crippen molar-refractivity contribution >= 4 is 30.2 Å². The third-order valence-corrected chi connectivity index (χ3v) is 6.39. The standard InChI is InChI=1S/C25H25N5O/c1-4-27-22-18(11-8-12-20(22)26-2)25(31)30-17-13-14-21(30)23-19(15-17)24(29(3)28-23)16-9-6-5-7-10-16/h4-12,17,21H,2,13-15H2,1,3H3/t17-,21+/m0/s1. The number of rotatable bonds is 4. The van der Waals surface area contributed by atoms with Crippen molar-refractivity contribution < 1.29 is 4.79 Å². The van der Waals surface area contributed by atoms with Gasteiger partial charge in [0.05, 0.1) is 28.7 Å². The topological polar surface area (TPSA) is 62.9 Å². The maximum atomic E-state index is 13.8. The predicted octanol–water partition coefficient (Wildman–Crippen LogP) is 5.04. The third kappa shape index (κ3) is 3.02. The zero-order valence-electron chi connectivity index (χ0n) is 17.8. The van der Waals surface area contributed by atoms with E-state index in [1.54, 1.807) is 6.21 Å². The van der Waals surface area contributed by atoms with Gasteiger partial charge in [0.1, 0.15) is 5.69 Å². The Kier molecular flexibility index (Phi) is 4.77. The monoisotopic (exact) mass is 411 g/mol. The van der Waals surface area contributed by atoms with Crippen LogP contribution in [0, 0.1) is 0 Å². The highest BCUT2D eigenvalue weighted by atomic mass is 16.2. The van der Waals surface area contributed by atoms with Crippen molar-refractivity contribution in [1.29, 1.82) is 0 Å². The number of nitrogens with zero attached hydrogens (tertiary/aromatic N) is 5. The van der Waals surface area contributed by atoms with Crippen molar-refractivity contribution in [2.75, 3.05) is 0 Å². The molecule has 3 heterocycles.